The number of ether oxygens (including phenoxy) is 1. The smallest absolute Gasteiger partial charge is 0.321 e. The van der Waals surface area contributed by atoms with Crippen molar-refractivity contribution in [3.63, 3.8) is 0 Å². The fourth-order valence-electron chi connectivity index (χ4n) is 3.12. The summed E-state index contributed by atoms with van der Waals surface area (Å²) in [4.78, 5) is 60.5. The first kappa shape index (κ1) is 26.7. The van der Waals surface area contributed by atoms with Crippen LogP contribution in [0.2, 0.25) is 0 Å². The zero-order valence-electron chi connectivity index (χ0n) is 18.5. The van der Waals surface area contributed by atoms with Crippen LogP contribution in [0, 0.1) is 5.41 Å². The lowest BCUT2D eigenvalue weighted by atomic mass is 9.68. The van der Waals surface area contributed by atoms with Gasteiger partial charge in [-0.05, 0) is 38.7 Å². The van der Waals surface area contributed by atoms with Crippen molar-refractivity contribution in [2.24, 2.45) is 11.1 Å². The molecule has 11 heteroatoms. The summed E-state index contributed by atoms with van der Waals surface area (Å²) in [6, 6.07) is -1.66. The minimum absolute atomic E-state index is 0.00470. The maximum Gasteiger partial charge on any atom is 0.321 e. The number of hydrogen-bond donors (Lipinski definition) is 5. The molecule has 1 saturated carbocycles. The summed E-state index contributed by atoms with van der Waals surface area (Å²) in [5.74, 6) is -2.02. The molecule has 11 nitrogen and oxygen atoms in total. The molecule has 1 fully saturated rings. The van der Waals surface area contributed by atoms with Gasteiger partial charge in [-0.1, -0.05) is 19.6 Å². The molecule has 1 aliphatic rings. The number of hydrogen-bond acceptors (Lipinski definition) is 6. The fraction of sp³-hybridized carbons (Fsp3) is 0.571. The molecule has 0 heterocycles. The third-order valence-electron chi connectivity index (χ3n) is 5.10. The van der Waals surface area contributed by atoms with Crippen LogP contribution in [0.25, 0.3) is 0 Å². The van der Waals surface area contributed by atoms with Crippen molar-refractivity contribution in [3.8, 4) is 0 Å². The van der Waals surface area contributed by atoms with Gasteiger partial charge in [0.25, 0.3) is 0 Å². The number of amides is 5. The standard InChI is InChI=1S/C21H33N5O6/c1-4-14(3)25-16(27)9-13-23-17(28)15(8-6-12-24-20(22)31)26-18(29)21(10-7-11-21)19(30)32-5-2/h4,15H,1,3,5-13H2,2H3,(H,23,28)(H,25,27)(H,26,29)(H3,22,24,31)/t15-/m0/s1. The first-order chi connectivity index (χ1) is 15.2. The number of urea groups is 1. The fourth-order valence-corrected chi connectivity index (χ4v) is 3.12. The monoisotopic (exact) mass is 451 g/mol. The molecule has 0 radical (unpaired) electrons. The van der Waals surface area contributed by atoms with Crippen LogP contribution >= 0.6 is 0 Å². The predicted molar refractivity (Wildman–Crippen MR) is 117 cm³/mol. The van der Waals surface area contributed by atoms with Crippen LogP contribution in [-0.4, -0.2) is 55.5 Å². The first-order valence-electron chi connectivity index (χ1n) is 10.6. The van der Waals surface area contributed by atoms with Gasteiger partial charge in [-0.15, -0.1) is 0 Å². The number of carbonyl (C=O) groups is 5. The Balaban J connectivity index is 2.73. The van der Waals surface area contributed by atoms with Crippen LogP contribution in [0.15, 0.2) is 24.9 Å². The van der Waals surface area contributed by atoms with Gasteiger partial charge >= 0.3 is 12.0 Å². The molecule has 32 heavy (non-hydrogen) atoms. The van der Waals surface area contributed by atoms with E-state index in [-0.39, 0.29) is 38.4 Å². The van der Waals surface area contributed by atoms with Gasteiger partial charge in [0.2, 0.25) is 17.7 Å². The van der Waals surface area contributed by atoms with Crippen LogP contribution in [0.3, 0.4) is 0 Å². The molecule has 0 aromatic heterocycles. The normalized spacial score (nSPS) is 14.7. The summed E-state index contributed by atoms with van der Waals surface area (Å²) < 4.78 is 5.05. The number of primary amides is 1. The van der Waals surface area contributed by atoms with Gasteiger partial charge < -0.3 is 31.7 Å². The molecule has 1 rings (SSSR count). The maximum atomic E-state index is 12.9. The van der Waals surface area contributed by atoms with Crippen molar-refractivity contribution in [2.45, 2.75) is 51.5 Å². The van der Waals surface area contributed by atoms with Crippen LogP contribution in [0.5, 0.6) is 0 Å². The minimum Gasteiger partial charge on any atom is -0.465 e. The molecular formula is C21H33N5O6. The van der Waals surface area contributed by atoms with Crippen molar-refractivity contribution in [3.05, 3.63) is 24.9 Å². The highest BCUT2D eigenvalue weighted by atomic mass is 16.5. The number of esters is 1. The van der Waals surface area contributed by atoms with E-state index >= 15 is 0 Å². The Morgan fingerprint density at radius 2 is 1.84 bits per heavy atom. The number of rotatable bonds is 14. The molecule has 1 atom stereocenters. The van der Waals surface area contributed by atoms with Gasteiger partial charge in [0.15, 0.2) is 0 Å². The zero-order chi connectivity index (χ0) is 24.1. The molecule has 0 saturated heterocycles. The third kappa shape index (κ3) is 8.05. The van der Waals surface area contributed by atoms with Gasteiger partial charge in [0, 0.05) is 25.2 Å². The molecule has 1 aliphatic carbocycles. The lowest BCUT2D eigenvalue weighted by Crippen LogP contribution is -2.57. The summed E-state index contributed by atoms with van der Waals surface area (Å²) >= 11 is 0. The highest BCUT2D eigenvalue weighted by Gasteiger charge is 2.52. The second-order valence-corrected chi connectivity index (χ2v) is 7.43. The number of nitrogens with two attached hydrogens (primary N) is 1. The Morgan fingerprint density at radius 1 is 1.16 bits per heavy atom. The molecule has 0 aromatic rings. The van der Waals surface area contributed by atoms with Crippen molar-refractivity contribution in [1.82, 2.24) is 21.3 Å². The summed E-state index contributed by atoms with van der Waals surface area (Å²) in [6.45, 7) is 9.11. The van der Waals surface area contributed by atoms with Crippen molar-refractivity contribution < 1.29 is 28.7 Å². The van der Waals surface area contributed by atoms with Gasteiger partial charge in [-0.2, -0.15) is 0 Å². The highest BCUT2D eigenvalue weighted by molar-refractivity contribution is 6.05. The zero-order valence-corrected chi connectivity index (χ0v) is 18.5. The van der Waals surface area contributed by atoms with Crippen LogP contribution < -0.4 is 27.0 Å². The Bertz CT molecular complexity index is 747. The van der Waals surface area contributed by atoms with E-state index in [1.807, 2.05) is 0 Å². The molecule has 0 aliphatic heterocycles. The van der Waals surface area contributed by atoms with Crippen LogP contribution in [-0.2, 0) is 23.9 Å². The third-order valence-corrected chi connectivity index (χ3v) is 5.10. The van der Waals surface area contributed by atoms with Crippen molar-refractivity contribution in [2.75, 3.05) is 19.7 Å². The molecular weight excluding hydrogens is 418 g/mol. The summed E-state index contributed by atoms with van der Waals surface area (Å²) in [7, 11) is 0. The maximum absolute atomic E-state index is 12.9. The Labute approximate surface area is 187 Å². The van der Waals surface area contributed by atoms with E-state index in [0.717, 1.165) is 0 Å². The van der Waals surface area contributed by atoms with E-state index in [1.54, 1.807) is 6.92 Å². The van der Waals surface area contributed by atoms with Gasteiger partial charge in [-0.25, -0.2) is 4.79 Å². The second-order valence-electron chi connectivity index (χ2n) is 7.43. The van der Waals surface area contributed by atoms with E-state index in [0.29, 0.717) is 31.4 Å². The number of nitrogens with one attached hydrogen (secondary N) is 4. The Morgan fingerprint density at radius 3 is 2.38 bits per heavy atom. The van der Waals surface area contributed by atoms with E-state index in [4.69, 9.17) is 10.5 Å². The van der Waals surface area contributed by atoms with E-state index in [2.05, 4.69) is 34.4 Å². The molecule has 6 N–H and O–H groups in total. The molecule has 5 amide bonds. The van der Waals surface area contributed by atoms with Crippen LogP contribution in [0.4, 0.5) is 4.79 Å². The molecule has 0 aromatic carbocycles. The molecule has 0 unspecified atom stereocenters. The predicted octanol–water partition coefficient (Wildman–Crippen LogP) is -0.0247. The largest absolute Gasteiger partial charge is 0.465 e. The summed E-state index contributed by atoms with van der Waals surface area (Å²) in [5, 5.41) is 10.2. The van der Waals surface area contributed by atoms with Gasteiger partial charge in [-0.3, -0.25) is 19.2 Å². The number of carbonyl (C=O) groups excluding carboxylic acids is 5. The summed E-state index contributed by atoms with van der Waals surface area (Å²) in [6.07, 6.45) is 3.34. The average Bonchev–Trinajstić information content (AvgIpc) is 2.69. The van der Waals surface area contributed by atoms with Crippen molar-refractivity contribution >= 4 is 29.7 Å². The molecule has 0 bridgehead atoms. The van der Waals surface area contributed by atoms with E-state index in [1.165, 1.54) is 6.08 Å². The Kier molecular flexibility index (Phi) is 10.9. The van der Waals surface area contributed by atoms with Crippen LogP contribution in [0.1, 0.15) is 45.4 Å². The van der Waals surface area contributed by atoms with Gasteiger partial charge in [0.05, 0.1) is 6.61 Å². The number of allylic oxidation sites excluding steroid dienone is 1. The summed E-state index contributed by atoms with van der Waals surface area (Å²) in [5.41, 5.74) is 4.09. The lowest BCUT2D eigenvalue weighted by molar-refractivity contribution is -0.167. The van der Waals surface area contributed by atoms with E-state index in [9.17, 15) is 24.0 Å². The lowest BCUT2D eigenvalue weighted by Gasteiger charge is -2.38. The highest BCUT2D eigenvalue weighted by Crippen LogP contribution is 2.42. The molecule has 178 valence electrons. The molecule has 0 spiro atoms. The van der Waals surface area contributed by atoms with E-state index < -0.39 is 35.3 Å². The topological polar surface area (TPSA) is 169 Å². The van der Waals surface area contributed by atoms with Crippen molar-refractivity contribution in [1.29, 1.82) is 0 Å². The second kappa shape index (κ2) is 13.1. The van der Waals surface area contributed by atoms with Gasteiger partial charge in [0.1, 0.15) is 11.5 Å². The quantitative estimate of drug-likeness (QED) is 0.108. The average molecular weight is 452 g/mol. The first-order valence-corrected chi connectivity index (χ1v) is 10.6. The minimum atomic E-state index is -1.29. The Hall–Kier alpha value is -3.37. The SMILES string of the molecule is C=CC(=C)NC(=O)CCNC(=O)[C@H](CCCNC(N)=O)NC(=O)C1(C(=O)OCC)CCC1.